The largest absolute Gasteiger partial charge is 0.489 e. The number of nitrogens with zero attached hydrogens (tertiary/aromatic N) is 6. The third-order valence-electron chi connectivity index (χ3n) is 16.0. The molecule has 1 spiro atoms. The second-order valence-corrected chi connectivity index (χ2v) is 22.5. The quantitative estimate of drug-likeness (QED) is 0.0771. The number of anilines is 2. The van der Waals surface area contributed by atoms with Gasteiger partial charge in [0.2, 0.25) is 0 Å². The van der Waals surface area contributed by atoms with Gasteiger partial charge in [-0.25, -0.2) is 18.1 Å². The van der Waals surface area contributed by atoms with Crippen LogP contribution in [0.4, 0.5) is 17.1 Å². The molecule has 18 heteroatoms. The third-order valence-corrected chi connectivity index (χ3v) is 17.3. The molecule has 370 valence electrons. The van der Waals surface area contributed by atoms with E-state index in [0.717, 1.165) is 82.5 Å². The topological polar surface area (TPSA) is 188 Å². The van der Waals surface area contributed by atoms with E-state index in [0.29, 0.717) is 53.4 Å². The first-order valence-electron chi connectivity index (χ1n) is 25.0. The Bertz CT molecular complexity index is 2890. The molecule has 1 saturated carbocycles. The number of piperidine rings is 1. The number of likely N-dealkylation sites (tertiary alicyclic amines) is 1. The summed E-state index contributed by atoms with van der Waals surface area (Å²) in [5, 5.41) is 16.6. The number of piperazine rings is 1. The highest BCUT2D eigenvalue weighted by Crippen LogP contribution is 2.54. The summed E-state index contributed by atoms with van der Waals surface area (Å²) in [4.78, 5) is 43.0. The Hall–Kier alpha value is -5.79. The van der Waals surface area contributed by atoms with Gasteiger partial charge in [0.05, 0.1) is 46.9 Å². The Morgan fingerprint density at radius 3 is 2.56 bits per heavy atom. The molecule has 1 amide bonds. The van der Waals surface area contributed by atoms with E-state index in [1.54, 1.807) is 30.6 Å². The average Bonchev–Trinajstić information content (AvgIpc) is 4.01. The number of nitrogens with one attached hydrogen (secondary N) is 3. The summed E-state index contributed by atoms with van der Waals surface area (Å²) in [7, 11) is -4.66. The van der Waals surface area contributed by atoms with E-state index < -0.39 is 31.4 Å². The Morgan fingerprint density at radius 2 is 1.80 bits per heavy atom. The minimum Gasteiger partial charge on any atom is -0.489 e. The van der Waals surface area contributed by atoms with Crippen molar-refractivity contribution in [2.24, 2.45) is 5.41 Å². The van der Waals surface area contributed by atoms with Crippen LogP contribution < -0.4 is 24.4 Å². The fourth-order valence-corrected chi connectivity index (χ4v) is 13.2. The van der Waals surface area contributed by atoms with E-state index in [9.17, 15) is 23.3 Å². The highest BCUT2D eigenvalue weighted by Gasteiger charge is 2.50. The van der Waals surface area contributed by atoms with Gasteiger partial charge in [-0.3, -0.25) is 29.6 Å². The molecule has 5 aromatic rings. The lowest BCUT2D eigenvalue weighted by Gasteiger charge is -2.56. The number of hydrogen-bond acceptors (Lipinski definition) is 14. The maximum Gasteiger partial charge on any atom is 0.297 e. The van der Waals surface area contributed by atoms with Crippen molar-refractivity contribution in [2.45, 2.75) is 100 Å². The molecule has 7 heterocycles. The number of carbonyl (C=O) groups is 1. The number of H-pyrrole nitrogens is 1. The zero-order chi connectivity index (χ0) is 48.3. The van der Waals surface area contributed by atoms with Crippen molar-refractivity contribution in [3.63, 3.8) is 0 Å². The zero-order valence-electron chi connectivity index (χ0n) is 40.1. The maximum atomic E-state index is 14.2. The number of nitro benzene ring substituents is 1. The Labute approximate surface area is 409 Å². The van der Waals surface area contributed by atoms with Crippen molar-refractivity contribution in [2.75, 3.05) is 75.9 Å². The van der Waals surface area contributed by atoms with Gasteiger partial charge < -0.3 is 29.4 Å². The van der Waals surface area contributed by atoms with E-state index in [1.807, 2.05) is 12.1 Å². The molecular formula is C52H63N9O8S. The standard InChI is InChI=1S/C52H63N9O8S/c1-33(2)42-7-4-5-8-43(42)45-9-6-16-60(45)38-25-52(26-38)13-17-58(18-14-52)37-10-11-44(47(22-37)69-40-21-35-12-15-53-50(35)54-27-40)51(62)56-70(65,66)41-23-46(61(63)64)49-48(24-41)68-30-36(55-49)29-57-19-20-59(34(3)28-57)39-31-67-32-39/h4-5,7-8,10-12,15,21-24,27,33-34,36,38-39,45,55H,6,9,13-14,16-20,25-26,28-32H2,1-3H3,(H,53,54)(H,56,62). The number of carbonyl (C=O) groups excluding carboxylic acids is 1. The van der Waals surface area contributed by atoms with Crippen LogP contribution in [0.3, 0.4) is 0 Å². The number of aromatic nitrogens is 2. The normalized spacial score (nSPS) is 23.4. The third kappa shape index (κ3) is 9.08. The summed E-state index contributed by atoms with van der Waals surface area (Å²) in [6.45, 7) is 14.5. The molecule has 3 unspecified atom stereocenters. The second-order valence-electron chi connectivity index (χ2n) is 20.8. The lowest BCUT2D eigenvalue weighted by molar-refractivity contribution is -0.384. The summed E-state index contributed by atoms with van der Waals surface area (Å²) in [6.07, 6.45) is 10.3. The first kappa shape index (κ1) is 46.6. The van der Waals surface area contributed by atoms with E-state index in [1.165, 1.54) is 42.9 Å². The first-order valence-corrected chi connectivity index (χ1v) is 26.5. The van der Waals surface area contributed by atoms with Crippen LogP contribution in [-0.2, 0) is 14.8 Å². The van der Waals surface area contributed by atoms with Crippen molar-refractivity contribution in [3.05, 3.63) is 106 Å². The SMILES string of the molecule is CC(C)c1ccccc1C1CCCN1C1CC2(CCN(c3ccc(C(=O)NS(=O)(=O)c4cc5c(c([N+](=O)[O-])c4)NC(CN4CCN(C6COC6)C(C)C4)CO5)c(Oc4cnc5[nH]ccc5c4)c3)CC2)C1. The predicted molar refractivity (Wildman–Crippen MR) is 267 cm³/mol. The van der Waals surface area contributed by atoms with Gasteiger partial charge in [-0.2, -0.15) is 0 Å². The van der Waals surface area contributed by atoms with Gasteiger partial charge in [0.25, 0.3) is 21.6 Å². The van der Waals surface area contributed by atoms with E-state index in [2.05, 4.69) is 84.6 Å². The van der Waals surface area contributed by atoms with E-state index in [-0.39, 0.29) is 35.4 Å². The molecule has 17 nitrogen and oxygen atoms in total. The highest BCUT2D eigenvalue weighted by molar-refractivity contribution is 7.90. The zero-order valence-corrected chi connectivity index (χ0v) is 41.0. The molecule has 70 heavy (non-hydrogen) atoms. The molecule has 6 aliphatic rings. The molecular weight excluding hydrogens is 911 g/mol. The number of ether oxygens (including phenoxy) is 3. The number of hydrogen-bond donors (Lipinski definition) is 3. The molecule has 3 atom stereocenters. The minimum absolute atomic E-state index is 0.0239. The lowest BCUT2D eigenvalue weighted by atomic mass is 9.59. The van der Waals surface area contributed by atoms with Crippen molar-refractivity contribution < 1.29 is 32.3 Å². The molecule has 11 rings (SSSR count). The fourth-order valence-electron chi connectivity index (χ4n) is 12.2. The van der Waals surface area contributed by atoms with Gasteiger partial charge in [-0.1, -0.05) is 38.1 Å². The number of rotatable bonds is 13. The summed E-state index contributed by atoms with van der Waals surface area (Å²) in [5.74, 6) is 0.0755. The van der Waals surface area contributed by atoms with Crippen molar-refractivity contribution >= 4 is 44.0 Å². The molecule has 2 aromatic heterocycles. The van der Waals surface area contributed by atoms with Gasteiger partial charge in [-0.05, 0) is 98.7 Å². The minimum atomic E-state index is -4.66. The van der Waals surface area contributed by atoms with Crippen LogP contribution in [0.25, 0.3) is 11.0 Å². The molecule has 3 N–H and O–H groups in total. The van der Waals surface area contributed by atoms with Gasteiger partial charge in [0.1, 0.15) is 23.8 Å². The lowest BCUT2D eigenvalue weighted by Crippen LogP contribution is -2.61. The molecule has 3 aromatic carbocycles. The number of aromatic amines is 1. The van der Waals surface area contributed by atoms with Gasteiger partial charge >= 0.3 is 0 Å². The number of fused-ring (bicyclic) bond motifs is 2. The van der Waals surface area contributed by atoms with Crippen molar-refractivity contribution in [1.82, 2.24) is 29.4 Å². The van der Waals surface area contributed by atoms with Crippen LogP contribution in [0.2, 0.25) is 0 Å². The molecule has 5 fully saturated rings. The van der Waals surface area contributed by atoms with Crippen molar-refractivity contribution in [3.8, 4) is 17.2 Å². The molecule has 0 bridgehead atoms. The van der Waals surface area contributed by atoms with Gasteiger partial charge in [0.15, 0.2) is 11.4 Å². The fraction of sp³-hybridized carbons (Fsp3) is 0.500. The van der Waals surface area contributed by atoms with Gasteiger partial charge in [-0.15, -0.1) is 0 Å². The number of nitro groups is 1. The summed E-state index contributed by atoms with van der Waals surface area (Å²) in [5.41, 5.74) is 4.39. The summed E-state index contributed by atoms with van der Waals surface area (Å²) in [6, 6.07) is 21.6. The molecule has 1 aliphatic carbocycles. The van der Waals surface area contributed by atoms with Crippen molar-refractivity contribution in [1.29, 1.82) is 0 Å². The van der Waals surface area contributed by atoms with Crippen LogP contribution >= 0.6 is 0 Å². The average molecular weight is 974 g/mol. The number of benzene rings is 3. The monoisotopic (exact) mass is 973 g/mol. The Balaban J connectivity index is 0.781. The van der Waals surface area contributed by atoms with E-state index in [4.69, 9.17) is 14.2 Å². The first-order chi connectivity index (χ1) is 33.8. The number of amides is 1. The molecule has 4 saturated heterocycles. The van der Waals surface area contributed by atoms with Crippen LogP contribution in [0.15, 0.2) is 84.0 Å². The van der Waals surface area contributed by atoms with Crippen LogP contribution in [0, 0.1) is 15.5 Å². The smallest absolute Gasteiger partial charge is 0.297 e. The Kier molecular flexibility index (Phi) is 12.5. The van der Waals surface area contributed by atoms with Crippen LogP contribution in [-0.4, -0.2) is 134 Å². The number of sulfonamides is 1. The summed E-state index contributed by atoms with van der Waals surface area (Å²) < 4.78 is 48.1. The highest BCUT2D eigenvalue weighted by atomic mass is 32.2. The second kappa shape index (κ2) is 18.8. The maximum absolute atomic E-state index is 14.2. The Morgan fingerprint density at radius 1 is 0.986 bits per heavy atom. The van der Waals surface area contributed by atoms with Gasteiger partial charge in [0, 0.05) is 92.9 Å². The predicted octanol–water partition coefficient (Wildman–Crippen LogP) is 7.67. The van der Waals surface area contributed by atoms with Crippen LogP contribution in [0.1, 0.15) is 92.7 Å². The number of pyridine rings is 1. The molecule has 0 radical (unpaired) electrons. The van der Waals surface area contributed by atoms with Crippen LogP contribution in [0.5, 0.6) is 17.2 Å². The molecule has 5 aliphatic heterocycles. The summed E-state index contributed by atoms with van der Waals surface area (Å²) >= 11 is 0. The van der Waals surface area contributed by atoms with E-state index >= 15 is 0 Å².